The van der Waals surface area contributed by atoms with Gasteiger partial charge >= 0.3 is 0 Å². The minimum Gasteiger partial charge on any atom is -0.496 e. The molecular weight excluding hydrogens is 535 g/mol. The quantitative estimate of drug-likeness (QED) is 0.286. The Bertz CT molecular complexity index is 610. The molecule has 1 aliphatic rings. The summed E-state index contributed by atoms with van der Waals surface area (Å²) in [6, 6.07) is 6.57. The first kappa shape index (κ1) is 25.5. The van der Waals surface area contributed by atoms with E-state index in [1.807, 2.05) is 13.1 Å². The third kappa shape index (κ3) is 8.42. The van der Waals surface area contributed by atoms with E-state index in [4.69, 9.17) is 9.47 Å². The second-order valence-electron chi connectivity index (χ2n) is 7.21. The zero-order valence-electron chi connectivity index (χ0n) is 17.3. The van der Waals surface area contributed by atoms with Gasteiger partial charge in [0.15, 0.2) is 5.96 Å². The predicted octanol–water partition coefficient (Wildman–Crippen LogP) is 3.49. The van der Waals surface area contributed by atoms with Crippen molar-refractivity contribution in [3.05, 3.63) is 28.2 Å². The number of guanidine groups is 1. The van der Waals surface area contributed by atoms with Crippen LogP contribution in [0, 0.1) is 5.92 Å². The van der Waals surface area contributed by atoms with Crippen molar-refractivity contribution >= 4 is 45.9 Å². The number of rotatable bonds is 8. The van der Waals surface area contributed by atoms with Crippen LogP contribution in [0.4, 0.5) is 0 Å². The zero-order chi connectivity index (χ0) is 19.6. The molecule has 1 fully saturated rings. The Balaban J connectivity index is 0.00000392. The summed E-state index contributed by atoms with van der Waals surface area (Å²) in [5.74, 6) is 2.32. The van der Waals surface area contributed by atoms with Gasteiger partial charge in [-0.15, -0.1) is 24.0 Å². The van der Waals surface area contributed by atoms with Gasteiger partial charge in [0.25, 0.3) is 0 Å². The first-order valence-electron chi connectivity index (χ1n) is 9.62. The van der Waals surface area contributed by atoms with Crippen molar-refractivity contribution in [1.29, 1.82) is 0 Å². The molecule has 28 heavy (non-hydrogen) atoms. The molecule has 2 N–H and O–H groups in total. The zero-order valence-corrected chi connectivity index (χ0v) is 21.2. The number of hydrogen-bond acceptors (Lipinski definition) is 4. The lowest BCUT2D eigenvalue weighted by Crippen LogP contribution is -2.50. The van der Waals surface area contributed by atoms with Gasteiger partial charge in [-0.1, -0.05) is 19.9 Å². The van der Waals surface area contributed by atoms with E-state index < -0.39 is 0 Å². The molecule has 1 aromatic rings. The molecule has 0 aromatic heterocycles. The smallest absolute Gasteiger partial charge is 0.191 e. The lowest BCUT2D eigenvalue weighted by Gasteiger charge is -2.35. The van der Waals surface area contributed by atoms with E-state index in [2.05, 4.69) is 62.4 Å². The van der Waals surface area contributed by atoms with Crippen LogP contribution in [-0.4, -0.2) is 63.9 Å². The second-order valence-corrected chi connectivity index (χ2v) is 8.06. The average molecular weight is 569 g/mol. The van der Waals surface area contributed by atoms with Crippen molar-refractivity contribution in [2.45, 2.75) is 32.9 Å². The Morgan fingerprint density at radius 1 is 1.29 bits per heavy atom. The van der Waals surface area contributed by atoms with E-state index in [9.17, 15) is 0 Å². The van der Waals surface area contributed by atoms with Gasteiger partial charge in [-0.3, -0.25) is 9.89 Å². The van der Waals surface area contributed by atoms with E-state index in [-0.39, 0.29) is 24.0 Å². The molecule has 1 atom stereocenters. The summed E-state index contributed by atoms with van der Waals surface area (Å²) >= 11 is 3.53. The summed E-state index contributed by atoms with van der Waals surface area (Å²) in [5, 5.41) is 6.90. The molecule has 0 spiro atoms. The average Bonchev–Trinajstić information content (AvgIpc) is 2.67. The van der Waals surface area contributed by atoms with Crippen molar-refractivity contribution in [2.24, 2.45) is 10.9 Å². The van der Waals surface area contributed by atoms with Crippen LogP contribution in [0.5, 0.6) is 5.75 Å². The summed E-state index contributed by atoms with van der Waals surface area (Å²) in [6.45, 7) is 9.81. The van der Waals surface area contributed by atoms with Gasteiger partial charge in [0.1, 0.15) is 5.75 Å². The van der Waals surface area contributed by atoms with Gasteiger partial charge in [0.05, 0.1) is 24.8 Å². The molecule has 1 unspecified atom stereocenters. The van der Waals surface area contributed by atoms with E-state index >= 15 is 0 Å². The fourth-order valence-electron chi connectivity index (χ4n) is 3.29. The van der Waals surface area contributed by atoms with Gasteiger partial charge < -0.3 is 20.1 Å². The number of nitrogens with one attached hydrogen (secondary N) is 2. The fourth-order valence-corrected chi connectivity index (χ4v) is 3.88. The number of morpholine rings is 1. The Kier molecular flexibility index (Phi) is 12.4. The normalized spacial score (nSPS) is 16.4. The maximum absolute atomic E-state index is 5.50. The van der Waals surface area contributed by atoms with Crippen LogP contribution in [0.1, 0.15) is 25.8 Å². The van der Waals surface area contributed by atoms with Crippen LogP contribution in [0.2, 0.25) is 0 Å². The van der Waals surface area contributed by atoms with Crippen LogP contribution < -0.4 is 15.4 Å². The van der Waals surface area contributed by atoms with Crippen molar-refractivity contribution in [1.82, 2.24) is 15.5 Å². The number of methoxy groups -OCH3 is 1. The highest BCUT2D eigenvalue weighted by atomic mass is 127. The number of nitrogens with zero attached hydrogens (tertiary/aromatic N) is 2. The van der Waals surface area contributed by atoms with E-state index in [1.54, 1.807) is 7.11 Å². The summed E-state index contributed by atoms with van der Waals surface area (Å²) < 4.78 is 11.7. The number of halogens is 2. The minimum absolute atomic E-state index is 0. The second kappa shape index (κ2) is 13.6. The van der Waals surface area contributed by atoms with Gasteiger partial charge in [-0.05, 0) is 46.0 Å². The molecule has 160 valence electrons. The van der Waals surface area contributed by atoms with Gasteiger partial charge in [-0.2, -0.15) is 0 Å². The standard InChI is InChI=1S/C20H33BrN4O2.HI/c1-15(2)11-17(25-7-9-27-10-8-25)14-24-20(22-3)23-13-16-5-6-19(26-4)18(21)12-16;/h5-6,12,15,17H,7-11,13-14H2,1-4H3,(H2,22,23,24);1H. The number of aliphatic imine (C=N–C) groups is 1. The predicted molar refractivity (Wildman–Crippen MR) is 130 cm³/mol. The Hall–Kier alpha value is -0.580. The molecule has 6 nitrogen and oxygen atoms in total. The van der Waals surface area contributed by atoms with Crippen molar-refractivity contribution in [2.75, 3.05) is 47.0 Å². The van der Waals surface area contributed by atoms with Crippen LogP contribution in [0.15, 0.2) is 27.7 Å². The van der Waals surface area contributed by atoms with E-state index in [0.717, 1.165) is 61.0 Å². The molecule has 1 aliphatic heterocycles. The molecule has 0 saturated carbocycles. The highest BCUT2D eigenvalue weighted by molar-refractivity contribution is 14.0. The van der Waals surface area contributed by atoms with E-state index in [0.29, 0.717) is 18.5 Å². The minimum atomic E-state index is 0. The van der Waals surface area contributed by atoms with Crippen LogP contribution in [-0.2, 0) is 11.3 Å². The molecule has 8 heteroatoms. The van der Waals surface area contributed by atoms with Gasteiger partial charge in [0, 0.05) is 39.3 Å². The topological polar surface area (TPSA) is 58.1 Å². The largest absolute Gasteiger partial charge is 0.496 e. The summed E-state index contributed by atoms with van der Waals surface area (Å²) in [4.78, 5) is 6.90. The molecule has 0 bridgehead atoms. The van der Waals surface area contributed by atoms with Gasteiger partial charge in [0.2, 0.25) is 0 Å². The Morgan fingerprint density at radius 3 is 2.57 bits per heavy atom. The molecule has 0 radical (unpaired) electrons. The Labute approximate surface area is 195 Å². The van der Waals surface area contributed by atoms with Gasteiger partial charge in [-0.25, -0.2) is 0 Å². The van der Waals surface area contributed by atoms with Crippen LogP contribution >= 0.6 is 39.9 Å². The number of benzene rings is 1. The van der Waals surface area contributed by atoms with E-state index in [1.165, 1.54) is 0 Å². The highest BCUT2D eigenvalue weighted by Crippen LogP contribution is 2.25. The molecule has 1 saturated heterocycles. The molecule has 0 amide bonds. The summed E-state index contributed by atoms with van der Waals surface area (Å²) in [5.41, 5.74) is 1.16. The molecule has 1 heterocycles. The number of hydrogen-bond donors (Lipinski definition) is 2. The van der Waals surface area contributed by atoms with Crippen LogP contribution in [0.25, 0.3) is 0 Å². The maximum atomic E-state index is 5.50. The Morgan fingerprint density at radius 2 is 2.00 bits per heavy atom. The third-order valence-electron chi connectivity index (χ3n) is 4.71. The maximum Gasteiger partial charge on any atom is 0.191 e. The first-order chi connectivity index (χ1) is 13.0. The third-order valence-corrected chi connectivity index (χ3v) is 5.33. The lowest BCUT2D eigenvalue weighted by molar-refractivity contribution is 0.0132. The fraction of sp³-hybridized carbons (Fsp3) is 0.650. The van der Waals surface area contributed by atoms with Crippen molar-refractivity contribution < 1.29 is 9.47 Å². The van der Waals surface area contributed by atoms with Crippen molar-refractivity contribution in [3.63, 3.8) is 0 Å². The first-order valence-corrected chi connectivity index (χ1v) is 10.4. The molecule has 0 aliphatic carbocycles. The molecular formula is C20H34BrIN4O2. The SMILES string of the molecule is CN=C(NCc1ccc(OC)c(Br)c1)NCC(CC(C)C)N1CCOCC1.I. The molecule has 1 aromatic carbocycles. The summed E-state index contributed by atoms with van der Waals surface area (Å²) in [6.07, 6.45) is 1.16. The highest BCUT2D eigenvalue weighted by Gasteiger charge is 2.22. The van der Waals surface area contributed by atoms with Crippen LogP contribution in [0.3, 0.4) is 0 Å². The number of ether oxygens (including phenoxy) is 2. The molecule has 2 rings (SSSR count). The monoisotopic (exact) mass is 568 g/mol. The summed E-state index contributed by atoms with van der Waals surface area (Å²) in [7, 11) is 3.48. The lowest BCUT2D eigenvalue weighted by atomic mass is 10.0. The van der Waals surface area contributed by atoms with Crippen molar-refractivity contribution in [3.8, 4) is 5.75 Å².